The molecule has 0 aliphatic carbocycles. The van der Waals surface area contributed by atoms with Crippen molar-refractivity contribution in [3.8, 4) is 0 Å². The summed E-state index contributed by atoms with van der Waals surface area (Å²) in [4.78, 5) is 15.9. The fourth-order valence-electron chi connectivity index (χ4n) is 3.15. The zero-order valence-electron chi connectivity index (χ0n) is 15.6. The van der Waals surface area contributed by atoms with Gasteiger partial charge >= 0.3 is 5.97 Å². The number of rotatable bonds is 5. The molecule has 1 atom stereocenters. The molecule has 6 heteroatoms. The molecule has 0 saturated heterocycles. The van der Waals surface area contributed by atoms with Gasteiger partial charge in [-0.1, -0.05) is 30.3 Å². The molecule has 3 rings (SSSR count). The van der Waals surface area contributed by atoms with E-state index >= 15 is 0 Å². The third-order valence-electron chi connectivity index (χ3n) is 4.44. The first kappa shape index (κ1) is 19.5. The van der Waals surface area contributed by atoms with Gasteiger partial charge in [-0.2, -0.15) is 0 Å². The number of thioether (sulfide) groups is 1. The number of hydrogen-bond acceptors (Lipinski definition) is 4. The van der Waals surface area contributed by atoms with Crippen molar-refractivity contribution in [3.05, 3.63) is 71.4 Å². The maximum absolute atomic E-state index is 12.8. The summed E-state index contributed by atoms with van der Waals surface area (Å²) in [6.07, 6.45) is 2.04. The van der Waals surface area contributed by atoms with Gasteiger partial charge < -0.3 is 10.1 Å². The van der Waals surface area contributed by atoms with Crippen LogP contribution in [0, 0.1) is 0 Å². The summed E-state index contributed by atoms with van der Waals surface area (Å²) in [7, 11) is 0. The van der Waals surface area contributed by atoms with Crippen molar-refractivity contribution in [2.24, 2.45) is 0 Å². The highest BCUT2D eigenvalue weighted by Crippen LogP contribution is 2.34. The van der Waals surface area contributed by atoms with Gasteiger partial charge in [0.05, 0.1) is 18.2 Å². The Balaban J connectivity index is 2.09. The van der Waals surface area contributed by atoms with E-state index in [1.54, 1.807) is 11.8 Å². The van der Waals surface area contributed by atoms with E-state index in [-0.39, 0.29) is 12.0 Å². The molecule has 1 heterocycles. The van der Waals surface area contributed by atoms with Gasteiger partial charge in [-0.15, -0.1) is 11.8 Å². The zero-order valence-corrected chi connectivity index (χ0v) is 17.2. The second-order valence-electron chi connectivity index (χ2n) is 6.05. The monoisotopic (exact) mass is 398 g/mol. The Morgan fingerprint density at radius 1 is 1.19 bits per heavy atom. The van der Waals surface area contributed by atoms with E-state index in [2.05, 4.69) is 5.32 Å². The fraction of sp³-hybridized carbons (Fsp3) is 0.238. The van der Waals surface area contributed by atoms with Gasteiger partial charge in [0, 0.05) is 16.3 Å². The molecule has 1 unspecified atom stereocenters. The number of nitrogens with one attached hydrogen (secondary N) is 1. The van der Waals surface area contributed by atoms with E-state index in [0.717, 1.165) is 16.9 Å². The Kier molecular flexibility index (Phi) is 6.19. The fourth-order valence-corrected chi connectivity index (χ4v) is 3.92. The maximum atomic E-state index is 12.8. The van der Waals surface area contributed by atoms with Crippen molar-refractivity contribution < 1.29 is 9.53 Å². The number of thiocarbonyl (C=S) groups is 1. The minimum Gasteiger partial charge on any atom is -0.463 e. The van der Waals surface area contributed by atoms with Crippen molar-refractivity contribution in [2.75, 3.05) is 17.8 Å². The van der Waals surface area contributed by atoms with Gasteiger partial charge in [-0.25, -0.2) is 4.79 Å². The first-order valence-electron chi connectivity index (χ1n) is 8.74. The van der Waals surface area contributed by atoms with Gasteiger partial charge in [-0.3, -0.25) is 4.90 Å². The minimum atomic E-state index is -0.340. The molecule has 0 saturated carbocycles. The Hall–Kier alpha value is -2.31. The SMILES string of the molecule is CCOC(=O)C1=C(C)N(c2ccccc2)C(=S)NC1c1ccc(SC)cc1. The highest BCUT2D eigenvalue weighted by atomic mass is 32.2. The summed E-state index contributed by atoms with van der Waals surface area (Å²) >= 11 is 7.32. The molecule has 140 valence electrons. The predicted octanol–water partition coefficient (Wildman–Crippen LogP) is 4.68. The number of anilines is 1. The largest absolute Gasteiger partial charge is 0.463 e. The van der Waals surface area contributed by atoms with Crippen LogP contribution in [-0.2, 0) is 9.53 Å². The number of esters is 1. The molecule has 1 aliphatic heterocycles. The van der Waals surface area contributed by atoms with Crippen LogP contribution in [0.1, 0.15) is 25.5 Å². The molecular formula is C21H22N2O2S2. The molecule has 2 aromatic rings. The number of nitrogens with zero attached hydrogens (tertiary/aromatic N) is 1. The summed E-state index contributed by atoms with van der Waals surface area (Å²) in [5.41, 5.74) is 3.24. The summed E-state index contributed by atoms with van der Waals surface area (Å²) < 4.78 is 5.36. The van der Waals surface area contributed by atoms with Crippen LogP contribution in [0.4, 0.5) is 5.69 Å². The Morgan fingerprint density at radius 2 is 1.85 bits per heavy atom. The molecule has 27 heavy (non-hydrogen) atoms. The normalized spacial score (nSPS) is 16.9. The third-order valence-corrected chi connectivity index (χ3v) is 5.49. The molecule has 4 nitrogen and oxygen atoms in total. The second-order valence-corrected chi connectivity index (χ2v) is 7.31. The average Bonchev–Trinajstić information content (AvgIpc) is 2.68. The molecule has 0 amide bonds. The predicted molar refractivity (Wildman–Crippen MR) is 115 cm³/mol. The highest BCUT2D eigenvalue weighted by Gasteiger charge is 2.35. The van der Waals surface area contributed by atoms with Crippen molar-refractivity contribution in [1.29, 1.82) is 0 Å². The van der Waals surface area contributed by atoms with Crippen molar-refractivity contribution >= 4 is 40.7 Å². The van der Waals surface area contributed by atoms with Crippen LogP contribution in [0.15, 0.2) is 70.8 Å². The number of carbonyl (C=O) groups is 1. The minimum absolute atomic E-state index is 0.323. The van der Waals surface area contributed by atoms with E-state index in [1.165, 1.54) is 4.90 Å². The van der Waals surface area contributed by atoms with Crippen LogP contribution in [-0.4, -0.2) is 23.9 Å². The van der Waals surface area contributed by atoms with Crippen molar-refractivity contribution in [2.45, 2.75) is 24.8 Å². The number of allylic oxidation sites excluding steroid dienone is 1. The molecular weight excluding hydrogens is 376 g/mol. The van der Waals surface area contributed by atoms with Crippen molar-refractivity contribution in [1.82, 2.24) is 5.32 Å². The van der Waals surface area contributed by atoms with Gasteiger partial charge in [-0.05, 0) is 62.2 Å². The molecule has 0 fully saturated rings. The van der Waals surface area contributed by atoms with Crippen LogP contribution >= 0.6 is 24.0 Å². The molecule has 1 aliphatic rings. The summed E-state index contributed by atoms with van der Waals surface area (Å²) in [6, 6.07) is 17.6. The summed E-state index contributed by atoms with van der Waals surface area (Å²) in [6.45, 7) is 4.05. The Morgan fingerprint density at radius 3 is 2.44 bits per heavy atom. The summed E-state index contributed by atoms with van der Waals surface area (Å²) in [5.74, 6) is -0.329. The van der Waals surface area contributed by atoms with E-state index < -0.39 is 0 Å². The lowest BCUT2D eigenvalue weighted by Crippen LogP contribution is -2.48. The highest BCUT2D eigenvalue weighted by molar-refractivity contribution is 7.98. The van der Waals surface area contributed by atoms with E-state index in [9.17, 15) is 4.79 Å². The van der Waals surface area contributed by atoms with Gasteiger partial charge in [0.2, 0.25) is 0 Å². The smallest absolute Gasteiger partial charge is 0.338 e. The quantitative estimate of drug-likeness (QED) is 0.448. The molecule has 1 N–H and O–H groups in total. The van der Waals surface area contributed by atoms with E-state index in [1.807, 2.05) is 79.6 Å². The number of ether oxygens (including phenoxy) is 1. The molecule has 0 bridgehead atoms. The standard InChI is InChI=1S/C21H22N2O2S2/c1-4-25-20(24)18-14(2)23(16-8-6-5-7-9-16)21(26)22-19(18)15-10-12-17(27-3)13-11-15/h5-13,19H,4H2,1-3H3,(H,22,26). The second kappa shape index (κ2) is 8.59. The Labute approximate surface area is 169 Å². The summed E-state index contributed by atoms with van der Waals surface area (Å²) in [5, 5.41) is 3.89. The molecule has 0 spiro atoms. The van der Waals surface area contributed by atoms with Crippen LogP contribution in [0.25, 0.3) is 0 Å². The molecule has 0 aromatic heterocycles. The first-order chi connectivity index (χ1) is 13.1. The van der Waals surface area contributed by atoms with Crippen molar-refractivity contribution in [3.63, 3.8) is 0 Å². The lowest BCUT2D eigenvalue weighted by molar-refractivity contribution is -0.139. The Bertz CT molecular complexity index is 864. The maximum Gasteiger partial charge on any atom is 0.338 e. The molecule has 0 radical (unpaired) electrons. The average molecular weight is 399 g/mol. The van der Waals surface area contributed by atoms with Gasteiger partial charge in [0.25, 0.3) is 0 Å². The van der Waals surface area contributed by atoms with E-state index in [4.69, 9.17) is 17.0 Å². The van der Waals surface area contributed by atoms with Gasteiger partial charge in [0.1, 0.15) is 0 Å². The number of carbonyl (C=O) groups excluding carboxylic acids is 1. The topological polar surface area (TPSA) is 41.6 Å². The van der Waals surface area contributed by atoms with Crippen LogP contribution < -0.4 is 10.2 Å². The first-order valence-corrected chi connectivity index (χ1v) is 10.4. The number of hydrogen-bond donors (Lipinski definition) is 1. The lowest BCUT2D eigenvalue weighted by atomic mass is 9.95. The number of para-hydroxylation sites is 1. The molecule has 2 aromatic carbocycles. The van der Waals surface area contributed by atoms with Crippen LogP contribution in [0.5, 0.6) is 0 Å². The van der Waals surface area contributed by atoms with E-state index in [0.29, 0.717) is 17.3 Å². The third kappa shape index (κ3) is 4.01. The zero-order chi connectivity index (χ0) is 19.4. The van der Waals surface area contributed by atoms with Crippen LogP contribution in [0.2, 0.25) is 0 Å². The number of benzene rings is 2. The van der Waals surface area contributed by atoms with Crippen LogP contribution in [0.3, 0.4) is 0 Å². The van der Waals surface area contributed by atoms with Gasteiger partial charge in [0.15, 0.2) is 5.11 Å². The lowest BCUT2D eigenvalue weighted by Gasteiger charge is -2.37.